The summed E-state index contributed by atoms with van der Waals surface area (Å²) in [5, 5.41) is 11.4. The van der Waals surface area contributed by atoms with Crippen LogP contribution in [-0.4, -0.2) is 5.91 Å². The average Bonchev–Trinajstić information content (AvgIpc) is 2.28. The Labute approximate surface area is 96.1 Å². The Morgan fingerprint density at radius 1 is 1.31 bits per heavy atom. The number of nitrogens with one attached hydrogen (secondary N) is 1. The van der Waals surface area contributed by atoms with Gasteiger partial charge in [0, 0.05) is 0 Å². The molecule has 84 valence electrons. The fourth-order valence-corrected chi connectivity index (χ4v) is 1.34. The van der Waals surface area contributed by atoms with Gasteiger partial charge in [0.05, 0.1) is 12.1 Å². The number of carbonyl (C=O) groups excluding carboxylic acids is 1. The fraction of sp³-hybridized carbons (Fsp3) is 0.385. The number of nitrogens with zero attached hydrogens (tertiary/aromatic N) is 1. The molecule has 0 aliphatic heterocycles. The Morgan fingerprint density at radius 2 is 1.88 bits per heavy atom. The molecular formula is C13H16N2O. The molecule has 0 bridgehead atoms. The van der Waals surface area contributed by atoms with Crippen molar-refractivity contribution in [1.82, 2.24) is 5.32 Å². The molecule has 3 nitrogen and oxygen atoms in total. The van der Waals surface area contributed by atoms with Gasteiger partial charge in [-0.15, -0.1) is 0 Å². The summed E-state index contributed by atoms with van der Waals surface area (Å²) < 4.78 is 0. The highest BCUT2D eigenvalue weighted by molar-refractivity contribution is 5.80. The van der Waals surface area contributed by atoms with Gasteiger partial charge in [-0.3, -0.25) is 4.79 Å². The van der Waals surface area contributed by atoms with E-state index in [9.17, 15) is 4.79 Å². The van der Waals surface area contributed by atoms with Crippen LogP contribution in [0.1, 0.15) is 31.0 Å². The van der Waals surface area contributed by atoms with Gasteiger partial charge in [0.25, 0.3) is 0 Å². The van der Waals surface area contributed by atoms with Gasteiger partial charge < -0.3 is 5.32 Å². The predicted octanol–water partition coefficient (Wildman–Crippen LogP) is 2.33. The van der Waals surface area contributed by atoms with E-state index in [1.165, 1.54) is 5.56 Å². The highest BCUT2D eigenvalue weighted by Crippen LogP contribution is 2.13. The molecule has 1 aromatic rings. The maximum Gasteiger partial charge on any atom is 0.237 e. The second-order valence-electron chi connectivity index (χ2n) is 3.99. The minimum absolute atomic E-state index is 0.0658. The van der Waals surface area contributed by atoms with Crippen molar-refractivity contribution in [1.29, 1.82) is 5.26 Å². The first-order valence-corrected chi connectivity index (χ1v) is 5.31. The summed E-state index contributed by atoms with van der Waals surface area (Å²) in [5.74, 6) is -0.830. The Hall–Kier alpha value is -1.82. The Kier molecular flexibility index (Phi) is 4.07. The topological polar surface area (TPSA) is 52.9 Å². The van der Waals surface area contributed by atoms with Crippen LogP contribution in [0.4, 0.5) is 0 Å². The maximum absolute atomic E-state index is 11.5. The summed E-state index contributed by atoms with van der Waals surface area (Å²) in [6.45, 7) is 5.52. The van der Waals surface area contributed by atoms with E-state index in [-0.39, 0.29) is 11.9 Å². The van der Waals surface area contributed by atoms with E-state index >= 15 is 0 Å². The Bertz CT molecular complexity index is 403. The minimum Gasteiger partial charge on any atom is -0.348 e. The third kappa shape index (κ3) is 3.09. The maximum atomic E-state index is 11.5. The monoisotopic (exact) mass is 216 g/mol. The van der Waals surface area contributed by atoms with Gasteiger partial charge in [-0.05, 0) is 26.3 Å². The molecule has 1 rings (SSSR count). The van der Waals surface area contributed by atoms with E-state index in [2.05, 4.69) is 5.32 Å². The molecule has 0 aliphatic rings. The molecule has 0 heterocycles. The normalized spacial score (nSPS) is 13.6. The van der Waals surface area contributed by atoms with Crippen LogP contribution in [0.15, 0.2) is 24.3 Å². The second kappa shape index (κ2) is 5.32. The van der Waals surface area contributed by atoms with Crippen molar-refractivity contribution < 1.29 is 4.79 Å². The Morgan fingerprint density at radius 3 is 2.38 bits per heavy atom. The summed E-state index contributed by atoms with van der Waals surface area (Å²) in [4.78, 5) is 11.5. The predicted molar refractivity (Wildman–Crippen MR) is 62.5 cm³/mol. The SMILES string of the molecule is Cc1ccc(C(C)NC(=O)C(C)C#N)cc1. The first-order chi connectivity index (χ1) is 7.54. The van der Waals surface area contributed by atoms with Crippen LogP contribution in [0.2, 0.25) is 0 Å². The largest absolute Gasteiger partial charge is 0.348 e. The Balaban J connectivity index is 2.66. The summed E-state index contributed by atoms with van der Waals surface area (Å²) in [6, 6.07) is 9.83. The number of amides is 1. The molecule has 16 heavy (non-hydrogen) atoms. The molecule has 3 heteroatoms. The minimum atomic E-state index is -0.604. The molecule has 2 atom stereocenters. The zero-order valence-corrected chi connectivity index (χ0v) is 9.82. The molecule has 1 aromatic carbocycles. The van der Waals surface area contributed by atoms with Gasteiger partial charge in [-0.2, -0.15) is 5.26 Å². The van der Waals surface area contributed by atoms with E-state index < -0.39 is 5.92 Å². The number of aryl methyl sites for hydroxylation is 1. The van der Waals surface area contributed by atoms with Crippen molar-refractivity contribution in [2.24, 2.45) is 5.92 Å². The first-order valence-electron chi connectivity index (χ1n) is 5.31. The lowest BCUT2D eigenvalue weighted by Crippen LogP contribution is -2.30. The van der Waals surface area contributed by atoms with Crippen molar-refractivity contribution in [3.63, 3.8) is 0 Å². The van der Waals surface area contributed by atoms with Crippen LogP contribution in [0.25, 0.3) is 0 Å². The molecule has 0 aromatic heterocycles. The molecule has 0 aliphatic carbocycles. The standard InChI is InChI=1S/C13H16N2O/c1-9-4-6-12(7-5-9)11(3)15-13(16)10(2)8-14/h4-7,10-11H,1-3H3,(H,15,16). The molecule has 0 spiro atoms. The van der Waals surface area contributed by atoms with Gasteiger partial charge in [0.2, 0.25) is 5.91 Å². The van der Waals surface area contributed by atoms with Gasteiger partial charge in [-0.1, -0.05) is 29.8 Å². The highest BCUT2D eigenvalue weighted by Gasteiger charge is 2.14. The summed E-state index contributed by atoms with van der Waals surface area (Å²) in [6.07, 6.45) is 0. The number of hydrogen-bond donors (Lipinski definition) is 1. The number of benzene rings is 1. The van der Waals surface area contributed by atoms with E-state index in [0.29, 0.717) is 0 Å². The van der Waals surface area contributed by atoms with Gasteiger partial charge in [-0.25, -0.2) is 0 Å². The van der Waals surface area contributed by atoms with E-state index in [1.54, 1.807) is 6.92 Å². The molecule has 0 saturated heterocycles. The van der Waals surface area contributed by atoms with E-state index in [1.807, 2.05) is 44.2 Å². The van der Waals surface area contributed by atoms with E-state index in [4.69, 9.17) is 5.26 Å². The van der Waals surface area contributed by atoms with Crippen molar-refractivity contribution in [3.8, 4) is 6.07 Å². The van der Waals surface area contributed by atoms with E-state index in [0.717, 1.165) is 5.56 Å². The van der Waals surface area contributed by atoms with Gasteiger partial charge in [0.1, 0.15) is 5.92 Å². The second-order valence-corrected chi connectivity index (χ2v) is 3.99. The van der Waals surface area contributed by atoms with Crippen LogP contribution in [-0.2, 0) is 4.79 Å². The molecule has 1 N–H and O–H groups in total. The zero-order valence-electron chi connectivity index (χ0n) is 9.82. The van der Waals surface area contributed by atoms with Crippen LogP contribution in [0, 0.1) is 24.2 Å². The van der Waals surface area contributed by atoms with Crippen LogP contribution >= 0.6 is 0 Å². The number of hydrogen-bond acceptors (Lipinski definition) is 2. The third-order valence-corrected chi connectivity index (χ3v) is 2.52. The van der Waals surface area contributed by atoms with Crippen molar-refractivity contribution in [2.45, 2.75) is 26.8 Å². The lowest BCUT2D eigenvalue weighted by atomic mass is 10.1. The molecule has 0 radical (unpaired) electrons. The first kappa shape index (κ1) is 12.3. The average molecular weight is 216 g/mol. The van der Waals surface area contributed by atoms with Crippen LogP contribution in [0.3, 0.4) is 0 Å². The lowest BCUT2D eigenvalue weighted by molar-refractivity contribution is -0.123. The van der Waals surface area contributed by atoms with Crippen molar-refractivity contribution in [2.75, 3.05) is 0 Å². The fourth-order valence-electron chi connectivity index (χ4n) is 1.34. The quantitative estimate of drug-likeness (QED) is 0.843. The van der Waals surface area contributed by atoms with Crippen molar-refractivity contribution >= 4 is 5.91 Å². The van der Waals surface area contributed by atoms with Crippen LogP contribution < -0.4 is 5.32 Å². The number of carbonyl (C=O) groups is 1. The molecule has 1 amide bonds. The smallest absolute Gasteiger partial charge is 0.237 e. The molecule has 0 saturated carbocycles. The van der Waals surface area contributed by atoms with Crippen LogP contribution in [0.5, 0.6) is 0 Å². The molecule has 0 fully saturated rings. The summed E-state index contributed by atoms with van der Waals surface area (Å²) >= 11 is 0. The van der Waals surface area contributed by atoms with Gasteiger partial charge in [0.15, 0.2) is 0 Å². The van der Waals surface area contributed by atoms with Gasteiger partial charge >= 0.3 is 0 Å². The summed E-state index contributed by atoms with van der Waals surface area (Å²) in [5.41, 5.74) is 2.23. The van der Waals surface area contributed by atoms with Crippen molar-refractivity contribution in [3.05, 3.63) is 35.4 Å². The zero-order chi connectivity index (χ0) is 12.1. The third-order valence-electron chi connectivity index (χ3n) is 2.52. The molecule has 2 unspecified atom stereocenters. The highest BCUT2D eigenvalue weighted by atomic mass is 16.1. The number of nitriles is 1. The number of rotatable bonds is 3. The molecular weight excluding hydrogens is 200 g/mol. The summed E-state index contributed by atoms with van der Waals surface area (Å²) in [7, 11) is 0. The lowest BCUT2D eigenvalue weighted by Gasteiger charge is -2.15.